The van der Waals surface area contributed by atoms with Crippen molar-refractivity contribution in [2.24, 2.45) is 0 Å². The molecule has 0 bridgehead atoms. The maximum Gasteiger partial charge on any atom is 0.257 e. The molecule has 1 aromatic heterocycles. The van der Waals surface area contributed by atoms with Gasteiger partial charge in [0.25, 0.3) is 10.0 Å². The summed E-state index contributed by atoms with van der Waals surface area (Å²) < 4.78 is 39.4. The van der Waals surface area contributed by atoms with Crippen LogP contribution in [0.1, 0.15) is 18.3 Å². The van der Waals surface area contributed by atoms with E-state index in [4.69, 9.17) is 11.6 Å². The number of aromatic amines is 1. The number of halogens is 2. The molecule has 0 aliphatic carbocycles. The summed E-state index contributed by atoms with van der Waals surface area (Å²) in [6.07, 6.45) is 1.88. The van der Waals surface area contributed by atoms with Crippen molar-refractivity contribution in [2.75, 3.05) is 0 Å². The number of imidazole rings is 1. The molecular weight excluding hydrogens is 305 g/mol. The van der Waals surface area contributed by atoms with E-state index in [0.717, 1.165) is 0 Å². The third kappa shape index (κ3) is 3.36. The number of aromatic nitrogens is 2. The van der Waals surface area contributed by atoms with Crippen LogP contribution in [0.3, 0.4) is 0 Å². The Morgan fingerprint density at radius 3 is 2.80 bits per heavy atom. The van der Waals surface area contributed by atoms with E-state index in [9.17, 15) is 12.8 Å². The molecule has 0 saturated carbocycles. The first-order valence-electron chi connectivity index (χ1n) is 5.90. The van der Waals surface area contributed by atoms with Gasteiger partial charge in [-0.1, -0.05) is 24.6 Å². The molecule has 0 aliphatic rings. The minimum Gasteiger partial charge on any atom is -0.332 e. The fraction of sp³-hybridized carbons (Fsp3) is 0.250. The van der Waals surface area contributed by atoms with Gasteiger partial charge in [0.2, 0.25) is 0 Å². The number of rotatable bonds is 5. The Morgan fingerprint density at radius 1 is 1.45 bits per heavy atom. The highest BCUT2D eigenvalue weighted by molar-refractivity contribution is 7.89. The molecular formula is C12H13ClFN3O2S. The lowest BCUT2D eigenvalue weighted by Crippen LogP contribution is -2.23. The SMILES string of the molecule is CCc1ncc(S(=O)(=O)NCc2ccc(F)c(Cl)c2)[nH]1. The summed E-state index contributed by atoms with van der Waals surface area (Å²) in [4.78, 5) is 6.65. The molecule has 2 rings (SSSR count). The Hall–Kier alpha value is -1.44. The molecule has 2 N–H and O–H groups in total. The fourth-order valence-electron chi connectivity index (χ4n) is 1.57. The second-order valence-corrected chi connectivity index (χ2v) is 6.26. The molecule has 0 amide bonds. The second kappa shape index (κ2) is 5.90. The van der Waals surface area contributed by atoms with Crippen molar-refractivity contribution in [3.8, 4) is 0 Å². The van der Waals surface area contributed by atoms with Gasteiger partial charge in [-0.15, -0.1) is 0 Å². The average Bonchev–Trinajstić information content (AvgIpc) is 2.90. The van der Waals surface area contributed by atoms with Crippen LogP contribution in [0.15, 0.2) is 29.4 Å². The lowest BCUT2D eigenvalue weighted by Gasteiger charge is -2.05. The summed E-state index contributed by atoms with van der Waals surface area (Å²) in [5.74, 6) is 0.0506. The van der Waals surface area contributed by atoms with E-state index >= 15 is 0 Å². The first-order chi connectivity index (χ1) is 9.42. The lowest BCUT2D eigenvalue weighted by molar-refractivity contribution is 0.577. The van der Waals surface area contributed by atoms with Crippen LogP contribution in [-0.4, -0.2) is 18.4 Å². The molecule has 108 valence electrons. The molecule has 20 heavy (non-hydrogen) atoms. The van der Waals surface area contributed by atoms with Crippen molar-refractivity contribution in [1.29, 1.82) is 0 Å². The summed E-state index contributed by atoms with van der Waals surface area (Å²) >= 11 is 5.63. The van der Waals surface area contributed by atoms with E-state index in [1.807, 2.05) is 6.92 Å². The standard InChI is InChI=1S/C12H13ClFN3O2S/c1-2-11-15-7-12(17-11)20(18,19)16-6-8-3-4-10(14)9(13)5-8/h3-5,7,16H,2,6H2,1H3,(H,15,17). The minimum atomic E-state index is -3.68. The molecule has 1 heterocycles. The summed E-state index contributed by atoms with van der Waals surface area (Å²) in [6, 6.07) is 4.04. The van der Waals surface area contributed by atoms with Crippen molar-refractivity contribution < 1.29 is 12.8 Å². The molecule has 5 nitrogen and oxygen atoms in total. The number of nitrogens with zero attached hydrogens (tertiary/aromatic N) is 1. The van der Waals surface area contributed by atoms with Crippen molar-refractivity contribution in [3.63, 3.8) is 0 Å². The molecule has 0 atom stereocenters. The molecule has 0 saturated heterocycles. The molecule has 0 radical (unpaired) electrons. The normalized spacial score (nSPS) is 11.8. The van der Waals surface area contributed by atoms with E-state index < -0.39 is 15.8 Å². The monoisotopic (exact) mass is 317 g/mol. The van der Waals surface area contributed by atoms with Gasteiger partial charge in [0, 0.05) is 13.0 Å². The molecule has 1 aromatic carbocycles. The Morgan fingerprint density at radius 2 is 2.20 bits per heavy atom. The van der Waals surface area contributed by atoms with Gasteiger partial charge in [0.05, 0.1) is 11.2 Å². The predicted molar refractivity (Wildman–Crippen MR) is 73.4 cm³/mol. The molecule has 8 heteroatoms. The van der Waals surface area contributed by atoms with Gasteiger partial charge in [-0.05, 0) is 17.7 Å². The number of sulfonamides is 1. The zero-order valence-electron chi connectivity index (χ0n) is 10.7. The van der Waals surface area contributed by atoms with Crippen LogP contribution in [0.4, 0.5) is 4.39 Å². The van der Waals surface area contributed by atoms with Crippen molar-refractivity contribution >= 4 is 21.6 Å². The van der Waals surface area contributed by atoms with E-state index in [2.05, 4.69) is 14.7 Å². The van der Waals surface area contributed by atoms with Crippen molar-refractivity contribution in [3.05, 3.63) is 46.6 Å². The highest BCUT2D eigenvalue weighted by Gasteiger charge is 2.16. The summed E-state index contributed by atoms with van der Waals surface area (Å²) in [7, 11) is -3.68. The lowest BCUT2D eigenvalue weighted by atomic mass is 10.2. The number of hydrogen-bond donors (Lipinski definition) is 2. The van der Waals surface area contributed by atoms with Gasteiger partial charge >= 0.3 is 0 Å². The molecule has 0 fully saturated rings. The number of benzene rings is 1. The minimum absolute atomic E-state index is 0.00237. The Bertz CT molecular complexity index is 715. The zero-order chi connectivity index (χ0) is 14.8. The maximum atomic E-state index is 13.0. The highest BCUT2D eigenvalue weighted by Crippen LogP contribution is 2.16. The third-order valence-corrected chi connectivity index (χ3v) is 4.28. The van der Waals surface area contributed by atoms with Crippen LogP contribution in [0.25, 0.3) is 0 Å². The van der Waals surface area contributed by atoms with E-state index in [-0.39, 0.29) is 16.6 Å². The van der Waals surface area contributed by atoms with Gasteiger partial charge in [-0.2, -0.15) is 0 Å². The summed E-state index contributed by atoms with van der Waals surface area (Å²) in [6.45, 7) is 1.88. The molecule has 0 spiro atoms. The van der Waals surface area contributed by atoms with Gasteiger partial charge in [-0.25, -0.2) is 22.5 Å². The number of H-pyrrole nitrogens is 1. The van der Waals surface area contributed by atoms with Gasteiger partial charge in [0.15, 0.2) is 5.03 Å². The molecule has 2 aromatic rings. The van der Waals surface area contributed by atoms with Crippen LogP contribution in [0.2, 0.25) is 5.02 Å². The number of hydrogen-bond acceptors (Lipinski definition) is 3. The molecule has 0 aliphatic heterocycles. The summed E-state index contributed by atoms with van der Waals surface area (Å²) in [5.41, 5.74) is 0.565. The zero-order valence-corrected chi connectivity index (χ0v) is 12.2. The van der Waals surface area contributed by atoms with Crippen LogP contribution in [0, 0.1) is 5.82 Å². The Kier molecular flexibility index (Phi) is 4.42. The Balaban J connectivity index is 2.10. The van der Waals surface area contributed by atoms with Crippen LogP contribution in [-0.2, 0) is 23.0 Å². The van der Waals surface area contributed by atoms with Crippen LogP contribution < -0.4 is 4.72 Å². The predicted octanol–water partition coefficient (Wildman–Crippen LogP) is 2.24. The fourth-order valence-corrected chi connectivity index (χ4v) is 2.72. The van der Waals surface area contributed by atoms with Crippen molar-refractivity contribution in [2.45, 2.75) is 24.9 Å². The van der Waals surface area contributed by atoms with Gasteiger partial charge in [0.1, 0.15) is 11.6 Å². The van der Waals surface area contributed by atoms with E-state index in [0.29, 0.717) is 17.8 Å². The number of aryl methyl sites for hydroxylation is 1. The topological polar surface area (TPSA) is 74.8 Å². The largest absolute Gasteiger partial charge is 0.332 e. The van der Waals surface area contributed by atoms with Gasteiger partial charge < -0.3 is 4.98 Å². The third-order valence-electron chi connectivity index (χ3n) is 2.68. The van der Waals surface area contributed by atoms with Crippen LogP contribution >= 0.6 is 11.6 Å². The quantitative estimate of drug-likeness (QED) is 0.888. The highest BCUT2D eigenvalue weighted by atomic mass is 35.5. The maximum absolute atomic E-state index is 13.0. The summed E-state index contributed by atoms with van der Waals surface area (Å²) in [5, 5.41) is -0.0425. The van der Waals surface area contributed by atoms with Gasteiger partial charge in [-0.3, -0.25) is 0 Å². The Labute approximate surface area is 121 Å². The van der Waals surface area contributed by atoms with E-state index in [1.165, 1.54) is 24.4 Å². The average molecular weight is 318 g/mol. The number of nitrogens with one attached hydrogen (secondary N) is 2. The first-order valence-corrected chi connectivity index (χ1v) is 7.76. The smallest absolute Gasteiger partial charge is 0.257 e. The molecule has 0 unspecified atom stereocenters. The first kappa shape index (κ1) is 15.0. The van der Waals surface area contributed by atoms with Crippen LogP contribution in [0.5, 0.6) is 0 Å². The second-order valence-electron chi connectivity index (χ2n) is 4.12. The van der Waals surface area contributed by atoms with Crippen molar-refractivity contribution in [1.82, 2.24) is 14.7 Å². The van der Waals surface area contributed by atoms with E-state index in [1.54, 1.807) is 0 Å².